The average molecular weight is 164 g/mol. The van der Waals surface area contributed by atoms with Gasteiger partial charge < -0.3 is 10.3 Å². The summed E-state index contributed by atoms with van der Waals surface area (Å²) in [4.78, 5) is 11.0. The molecule has 0 fully saturated rings. The molecule has 0 aliphatic heterocycles. The molecular formula is C6H9ClN2O. The van der Waals surface area contributed by atoms with E-state index >= 15 is 0 Å². The van der Waals surface area contributed by atoms with Gasteiger partial charge in [-0.2, -0.15) is 0 Å². The number of hydrogen-bond donors (Lipinski definition) is 1. The quantitative estimate of drug-likeness (QED) is 0.602. The van der Waals surface area contributed by atoms with Crippen LogP contribution in [0.15, 0.2) is 23.1 Å². The van der Waals surface area contributed by atoms with E-state index < -0.39 is 12.5 Å². The number of aryl methyl sites for hydroxylation is 1. The maximum Gasteiger partial charge on any atom is 0.250 e. The molecule has 0 atom stereocenters. The van der Waals surface area contributed by atoms with Crippen molar-refractivity contribution in [2.24, 2.45) is 6.98 Å². The predicted octanol–water partition coefficient (Wildman–Crippen LogP) is 0.389. The SMILES string of the molecule is Cl.[2H]C([2H])([2H])n1cc(N)ccc1=O. The Morgan fingerprint density at radius 1 is 1.70 bits per heavy atom. The number of hydrogen-bond acceptors (Lipinski definition) is 2. The Balaban J connectivity index is 0.00000144. The van der Waals surface area contributed by atoms with Gasteiger partial charge in [-0.1, -0.05) is 0 Å². The monoisotopic (exact) mass is 163 g/mol. The number of nitrogens with zero attached hydrogens (tertiary/aromatic N) is 1. The molecule has 1 aromatic rings. The molecule has 4 heteroatoms. The van der Waals surface area contributed by atoms with Crippen molar-refractivity contribution in [1.29, 1.82) is 0 Å². The molecule has 0 radical (unpaired) electrons. The molecule has 0 unspecified atom stereocenters. The first kappa shape index (κ1) is 4.79. The van der Waals surface area contributed by atoms with Crippen molar-refractivity contribution < 1.29 is 4.11 Å². The van der Waals surface area contributed by atoms with Gasteiger partial charge in [-0.3, -0.25) is 4.79 Å². The number of aromatic nitrogens is 1. The van der Waals surface area contributed by atoms with E-state index in [1.165, 1.54) is 6.07 Å². The van der Waals surface area contributed by atoms with E-state index in [4.69, 9.17) is 9.85 Å². The van der Waals surface area contributed by atoms with Crippen molar-refractivity contribution in [3.05, 3.63) is 28.7 Å². The van der Waals surface area contributed by atoms with E-state index in [1.807, 2.05) is 0 Å². The summed E-state index contributed by atoms with van der Waals surface area (Å²) in [5.74, 6) is 0. The largest absolute Gasteiger partial charge is 0.398 e. The summed E-state index contributed by atoms with van der Waals surface area (Å²) in [7, 11) is 0. The molecule has 0 aromatic carbocycles. The summed E-state index contributed by atoms with van der Waals surface area (Å²) in [6.45, 7) is -2.45. The van der Waals surface area contributed by atoms with Gasteiger partial charge in [0.05, 0.1) is 0 Å². The average Bonchev–Trinajstić information content (AvgIpc) is 1.92. The Morgan fingerprint density at radius 3 is 2.90 bits per heavy atom. The van der Waals surface area contributed by atoms with Crippen LogP contribution in [0.4, 0.5) is 5.69 Å². The molecule has 3 nitrogen and oxygen atoms in total. The first-order chi connectivity index (χ1) is 5.41. The van der Waals surface area contributed by atoms with Crippen LogP contribution in [0.1, 0.15) is 4.11 Å². The molecule has 1 rings (SSSR count). The standard InChI is InChI=1S/C6H8N2O.ClH/c1-8-4-5(7)2-3-6(8)9;/h2-4H,7H2,1H3;1H/i1D3;. The summed E-state index contributed by atoms with van der Waals surface area (Å²) >= 11 is 0. The Morgan fingerprint density at radius 2 is 2.40 bits per heavy atom. The number of pyridine rings is 1. The summed E-state index contributed by atoms with van der Waals surface area (Å²) in [6, 6.07) is 2.49. The molecule has 0 aliphatic carbocycles. The van der Waals surface area contributed by atoms with Gasteiger partial charge >= 0.3 is 0 Å². The summed E-state index contributed by atoms with van der Waals surface area (Å²) < 4.78 is 21.5. The van der Waals surface area contributed by atoms with Crippen LogP contribution in [0, 0.1) is 0 Å². The smallest absolute Gasteiger partial charge is 0.250 e. The van der Waals surface area contributed by atoms with E-state index in [0.29, 0.717) is 4.57 Å². The van der Waals surface area contributed by atoms with Crippen LogP contribution in [0.25, 0.3) is 0 Å². The van der Waals surface area contributed by atoms with Gasteiger partial charge in [0, 0.05) is 29.0 Å². The maximum absolute atomic E-state index is 11.0. The third kappa shape index (κ3) is 1.77. The zero-order valence-corrected chi connectivity index (χ0v) is 5.89. The highest BCUT2D eigenvalue weighted by molar-refractivity contribution is 5.85. The van der Waals surface area contributed by atoms with Crippen LogP contribution >= 0.6 is 12.4 Å². The minimum absolute atomic E-state index is 0. The van der Waals surface area contributed by atoms with Gasteiger partial charge in [0.1, 0.15) is 0 Å². The first-order valence-electron chi connectivity index (χ1n) is 3.90. The fourth-order valence-corrected chi connectivity index (χ4v) is 0.504. The second-order valence-electron chi connectivity index (χ2n) is 1.67. The van der Waals surface area contributed by atoms with Crippen LogP contribution in [-0.2, 0) is 6.98 Å². The second-order valence-corrected chi connectivity index (χ2v) is 1.67. The first-order valence-corrected chi connectivity index (χ1v) is 2.40. The van der Waals surface area contributed by atoms with Crippen LogP contribution < -0.4 is 11.3 Å². The molecule has 2 N–H and O–H groups in total. The van der Waals surface area contributed by atoms with Gasteiger partial charge in [-0.05, 0) is 6.07 Å². The van der Waals surface area contributed by atoms with Gasteiger partial charge in [-0.15, -0.1) is 12.4 Å². The molecular weight excluding hydrogens is 152 g/mol. The highest BCUT2D eigenvalue weighted by atomic mass is 35.5. The Labute approximate surface area is 69.1 Å². The molecule has 1 aromatic heterocycles. The minimum Gasteiger partial charge on any atom is -0.398 e. The maximum atomic E-state index is 11.0. The van der Waals surface area contributed by atoms with Crippen LogP contribution in [0.5, 0.6) is 0 Å². The lowest BCUT2D eigenvalue weighted by Gasteiger charge is -1.95. The number of rotatable bonds is 0. The summed E-state index contributed by atoms with van der Waals surface area (Å²) in [5, 5.41) is 0. The zero-order valence-electron chi connectivity index (χ0n) is 8.07. The molecule has 0 spiro atoms. The number of halogens is 1. The van der Waals surface area contributed by atoms with Gasteiger partial charge in [-0.25, -0.2) is 0 Å². The van der Waals surface area contributed by atoms with E-state index in [1.54, 1.807) is 0 Å². The number of nitrogen functional groups attached to an aromatic ring is 1. The van der Waals surface area contributed by atoms with Crippen LogP contribution in [-0.4, -0.2) is 4.57 Å². The van der Waals surface area contributed by atoms with Crippen molar-refractivity contribution in [3.63, 3.8) is 0 Å². The molecule has 1 heterocycles. The third-order valence-corrected chi connectivity index (χ3v) is 0.934. The lowest BCUT2D eigenvalue weighted by Crippen LogP contribution is -2.14. The molecule has 10 heavy (non-hydrogen) atoms. The Hall–Kier alpha value is -0.960. The van der Waals surface area contributed by atoms with Crippen molar-refractivity contribution in [2.75, 3.05) is 5.73 Å². The topological polar surface area (TPSA) is 48.0 Å². The van der Waals surface area contributed by atoms with Crippen LogP contribution in [0.3, 0.4) is 0 Å². The van der Waals surface area contributed by atoms with Crippen molar-refractivity contribution in [1.82, 2.24) is 4.57 Å². The zero-order chi connectivity index (χ0) is 9.35. The summed E-state index contributed by atoms with van der Waals surface area (Å²) in [5.41, 5.74) is 4.99. The van der Waals surface area contributed by atoms with Crippen molar-refractivity contribution in [3.8, 4) is 0 Å². The lowest BCUT2D eigenvalue weighted by molar-refractivity contribution is 0.863. The molecule has 0 bridgehead atoms. The lowest BCUT2D eigenvalue weighted by atomic mass is 10.4. The molecule has 0 aliphatic rings. The van der Waals surface area contributed by atoms with Gasteiger partial charge in [0.15, 0.2) is 0 Å². The van der Waals surface area contributed by atoms with E-state index in [2.05, 4.69) is 0 Å². The molecule has 56 valence electrons. The van der Waals surface area contributed by atoms with E-state index in [0.717, 1.165) is 12.3 Å². The van der Waals surface area contributed by atoms with Gasteiger partial charge in [0.2, 0.25) is 5.56 Å². The van der Waals surface area contributed by atoms with Crippen LogP contribution in [0.2, 0.25) is 0 Å². The van der Waals surface area contributed by atoms with E-state index in [-0.39, 0.29) is 18.1 Å². The third-order valence-electron chi connectivity index (χ3n) is 0.934. The number of anilines is 1. The molecule has 0 saturated carbocycles. The minimum atomic E-state index is -2.45. The molecule has 0 saturated heterocycles. The molecule has 0 amide bonds. The predicted molar refractivity (Wildman–Crippen MR) is 43.3 cm³/mol. The van der Waals surface area contributed by atoms with E-state index in [9.17, 15) is 4.79 Å². The number of nitrogens with two attached hydrogens (primary N) is 1. The highest BCUT2D eigenvalue weighted by Crippen LogP contribution is 1.92. The van der Waals surface area contributed by atoms with Crippen molar-refractivity contribution >= 4 is 18.1 Å². The second kappa shape index (κ2) is 3.27. The highest BCUT2D eigenvalue weighted by Gasteiger charge is 1.86. The van der Waals surface area contributed by atoms with Gasteiger partial charge in [0.25, 0.3) is 0 Å². The Kier molecular flexibility index (Phi) is 1.57. The fraction of sp³-hybridized carbons (Fsp3) is 0.167. The van der Waals surface area contributed by atoms with Crippen molar-refractivity contribution in [2.45, 2.75) is 0 Å². The fourth-order valence-electron chi connectivity index (χ4n) is 0.504. The Bertz CT molecular complexity index is 346. The normalized spacial score (nSPS) is 14.2. The summed E-state index contributed by atoms with van der Waals surface area (Å²) in [6.07, 6.45) is 1.11.